The molecule has 0 spiro atoms. The van der Waals surface area contributed by atoms with Gasteiger partial charge in [-0.3, -0.25) is 15.2 Å². The number of carboxylic acids is 1. The van der Waals surface area contributed by atoms with Gasteiger partial charge in [0.25, 0.3) is 0 Å². The van der Waals surface area contributed by atoms with E-state index in [1.807, 2.05) is 6.08 Å². The summed E-state index contributed by atoms with van der Waals surface area (Å²) in [6, 6.07) is -0.444. The van der Waals surface area contributed by atoms with Crippen LogP contribution in [0.1, 0.15) is 25.7 Å². The summed E-state index contributed by atoms with van der Waals surface area (Å²) in [7, 11) is 7.88. The number of allylic oxidation sites excluding steroid dienone is 1. The minimum atomic E-state index is -3.07. The number of rotatable bonds is 13. The molecule has 5 aliphatic heterocycles. The number of nitrogens with one attached hydrogen (secondary N) is 3. The van der Waals surface area contributed by atoms with Gasteiger partial charge in [0.1, 0.15) is 48.9 Å². The number of ether oxygens (including phenoxy) is 5. The number of aliphatic hydroxyl groups excluding tert-OH is 5. The van der Waals surface area contributed by atoms with Crippen LogP contribution in [0.15, 0.2) is 64.2 Å². The second-order valence-electron chi connectivity index (χ2n) is 16.0. The lowest BCUT2D eigenvalue weighted by atomic mass is 9.82. The highest BCUT2D eigenvalue weighted by atomic mass is 33.1. The lowest BCUT2D eigenvalue weighted by Gasteiger charge is -2.48. The third kappa shape index (κ3) is 12.2. The molecule has 0 amide bonds. The maximum Gasteiger partial charge on any atom is 0.343 e. The number of carbonyl (C=O) groups is 2. The number of hydrogen-bond acceptors (Lipinski definition) is 20. The van der Waals surface area contributed by atoms with Crippen molar-refractivity contribution < 1.29 is 79.0 Å². The zero-order valence-corrected chi connectivity index (χ0v) is 38.4. The van der Waals surface area contributed by atoms with Crippen molar-refractivity contribution in [3.8, 4) is 0 Å². The Kier molecular flexibility index (Phi) is 19.2. The minimum absolute atomic E-state index is 0.0486. The molecule has 64 heavy (non-hydrogen) atoms. The first-order chi connectivity index (χ1) is 30.8. The van der Waals surface area contributed by atoms with Gasteiger partial charge in [0.2, 0.25) is 12.1 Å². The third-order valence-electron chi connectivity index (χ3n) is 11.8. The van der Waals surface area contributed by atoms with Crippen molar-refractivity contribution >= 4 is 61.1 Å². The Labute approximate surface area is 386 Å². The standard InChI is InChI=1S/C40H59N5O15S4/c1-42-31(17-49)59-34-38(58-29(16-48)33(50)40(34,54)55)60-37-24-6-3-12-61-62-20-30-27(15-47)45-13-21(32(25(14-45)35(51)52)44-39(41)43-10-4-11-46)8-9-23(24)26(18-56-37)36(53)57-28-7-2-5-22(28)19-63-64-30/h3,6,8-9,14,18,22-24,27-31,33-34,37-38,42,46-50,54-55H,2,4-5,7,10-13,15-17,19-20H2,1H3,(H,51,52)(H3,41,43,44)/p+1/b6-3+,9-8+/t22-,23+,24-,27-,28-,29-,30-,31-,33-,34+,37+,38+/m1/s1. The third-order valence-corrected chi connectivity index (χ3v) is 17.4. The number of nitrogens with zero attached hydrogens (tertiary/aromatic N) is 1. The van der Waals surface area contributed by atoms with Crippen LogP contribution < -0.4 is 21.3 Å². The van der Waals surface area contributed by atoms with Crippen LogP contribution >= 0.6 is 43.2 Å². The number of guanidine groups is 1. The number of carbonyl (C=O) groups excluding carboxylic acids is 1. The number of nitrogens with two attached hydrogens (primary N) is 1. The number of esters is 1. The minimum Gasteiger partial charge on any atom is -0.477 e. The maximum atomic E-state index is 14.5. The highest BCUT2D eigenvalue weighted by Gasteiger charge is 2.58. The van der Waals surface area contributed by atoms with E-state index in [1.54, 1.807) is 67.6 Å². The van der Waals surface area contributed by atoms with Crippen LogP contribution in [0.2, 0.25) is 0 Å². The van der Waals surface area contributed by atoms with E-state index in [-0.39, 0.29) is 66.4 Å². The van der Waals surface area contributed by atoms with E-state index in [9.17, 15) is 50.4 Å². The van der Waals surface area contributed by atoms with Gasteiger partial charge in [-0.2, -0.15) is 0 Å². The molecule has 13 N–H and O–H groups in total. The van der Waals surface area contributed by atoms with Crippen LogP contribution in [0.5, 0.6) is 0 Å². The van der Waals surface area contributed by atoms with Gasteiger partial charge < -0.3 is 75.6 Å². The molecular formula is C40H60N5O15S4+. The predicted octanol–water partition coefficient (Wildman–Crippen LogP) is -2.09. The normalized spacial score (nSPS) is 36.3. The summed E-state index contributed by atoms with van der Waals surface area (Å²) in [4.78, 5) is 32.5. The molecule has 358 valence electrons. The van der Waals surface area contributed by atoms with E-state index in [0.717, 1.165) is 12.8 Å². The predicted molar refractivity (Wildman–Crippen MR) is 240 cm³/mol. The van der Waals surface area contributed by atoms with Crippen molar-refractivity contribution in [2.75, 3.05) is 63.8 Å². The van der Waals surface area contributed by atoms with Gasteiger partial charge in [-0.15, -0.1) is 0 Å². The van der Waals surface area contributed by atoms with Crippen molar-refractivity contribution in [2.45, 2.75) is 86.0 Å². The molecule has 13 atom stereocenters. The summed E-state index contributed by atoms with van der Waals surface area (Å²) in [5, 5.41) is 89.9. The first-order valence-corrected chi connectivity index (χ1v) is 26.0. The quantitative estimate of drug-likeness (QED) is 0.0179. The number of fused-ring (bicyclic) bond motifs is 2. The zero-order chi connectivity index (χ0) is 46.0. The van der Waals surface area contributed by atoms with E-state index in [2.05, 4.69) is 15.6 Å². The summed E-state index contributed by atoms with van der Waals surface area (Å²) < 4.78 is 30.5. The zero-order valence-electron chi connectivity index (χ0n) is 35.2. The molecular weight excluding hydrogens is 919 g/mol. The first-order valence-electron chi connectivity index (χ1n) is 21.1. The lowest BCUT2D eigenvalue weighted by Crippen LogP contribution is -3.14. The Morgan fingerprint density at radius 3 is 2.64 bits per heavy atom. The average Bonchev–Trinajstić information content (AvgIpc) is 3.71. The fraction of sp³-hybridized carbons (Fsp3) is 0.675. The number of aliphatic carboxylic acids is 1. The van der Waals surface area contributed by atoms with E-state index >= 15 is 0 Å². The van der Waals surface area contributed by atoms with Crippen LogP contribution in [0.3, 0.4) is 0 Å². The molecule has 6 aliphatic rings. The molecule has 1 aliphatic carbocycles. The summed E-state index contributed by atoms with van der Waals surface area (Å²) in [5.74, 6) is -5.12. The second kappa shape index (κ2) is 24.1. The van der Waals surface area contributed by atoms with Gasteiger partial charge in [-0.1, -0.05) is 67.5 Å². The highest BCUT2D eigenvalue weighted by molar-refractivity contribution is 8.78. The SMILES string of the molecule is CN[C@@H](CO)O[C@H]1[C@H](O[C@@H]2OC=C3C(=O)O[C@@H]4CCC[C@@H]4CSS[C@@H]4CSSC/C=C/[C@@H]2[C@@H]3/C=C/C2=C(NC(N)=NCCCO)C(C(=O)O)=C[NH+](C2)[C@@H]4CO)O[C@H](CO)[C@@H](O)C1(O)O. The number of likely N-dealkylation sites (N-methyl/N-ethyl adjacent to an activating group) is 1. The van der Waals surface area contributed by atoms with Gasteiger partial charge >= 0.3 is 11.9 Å². The molecule has 4 bridgehead atoms. The molecule has 5 heterocycles. The Morgan fingerprint density at radius 1 is 1.11 bits per heavy atom. The number of aliphatic hydroxyl groups is 7. The number of carboxylic acid groups (broad SMARTS) is 1. The molecule has 6 rings (SSSR count). The highest BCUT2D eigenvalue weighted by Crippen LogP contribution is 2.43. The van der Waals surface area contributed by atoms with E-state index < -0.39 is 85.9 Å². The molecule has 0 radical (unpaired) electrons. The summed E-state index contributed by atoms with van der Waals surface area (Å²) in [6.45, 7) is -1.50. The molecule has 0 aromatic rings. The summed E-state index contributed by atoms with van der Waals surface area (Å²) in [6.07, 6.45) is 2.30. The lowest BCUT2D eigenvalue weighted by molar-refractivity contribution is -0.870. The van der Waals surface area contributed by atoms with Crippen molar-refractivity contribution in [3.63, 3.8) is 0 Å². The van der Waals surface area contributed by atoms with Crippen LogP contribution in [-0.4, -0.2) is 183 Å². The van der Waals surface area contributed by atoms with Crippen molar-refractivity contribution in [2.24, 2.45) is 28.5 Å². The fourth-order valence-corrected chi connectivity index (χ4v) is 14.4. The molecule has 1 unspecified atom stereocenters. The largest absolute Gasteiger partial charge is 0.477 e. The molecule has 1 saturated heterocycles. The van der Waals surface area contributed by atoms with E-state index in [1.165, 1.54) is 13.3 Å². The maximum absolute atomic E-state index is 14.5. The topological polar surface area (TPSA) is 309 Å². The number of hydrogen-bond donors (Lipinski definition) is 12. The average molecular weight is 979 g/mol. The van der Waals surface area contributed by atoms with E-state index in [4.69, 9.17) is 29.4 Å². The van der Waals surface area contributed by atoms with Crippen molar-refractivity contribution in [3.05, 3.63) is 59.2 Å². The van der Waals surface area contributed by atoms with Crippen molar-refractivity contribution in [1.82, 2.24) is 10.6 Å². The monoisotopic (exact) mass is 978 g/mol. The first kappa shape index (κ1) is 51.0. The Hall–Kier alpha value is -2.37. The Morgan fingerprint density at radius 2 is 1.92 bits per heavy atom. The summed E-state index contributed by atoms with van der Waals surface area (Å²) >= 11 is 0. The smallest absolute Gasteiger partial charge is 0.343 e. The molecule has 0 aromatic heterocycles. The number of aliphatic imine (C=N–C) groups is 1. The van der Waals surface area contributed by atoms with Crippen LogP contribution in [0, 0.1) is 17.8 Å². The molecule has 2 fully saturated rings. The molecule has 1 saturated carbocycles. The van der Waals surface area contributed by atoms with Crippen LogP contribution in [-0.2, 0) is 33.3 Å². The van der Waals surface area contributed by atoms with Gasteiger partial charge in [0.15, 0.2) is 18.4 Å². The van der Waals surface area contributed by atoms with Gasteiger partial charge in [-0.05, 0) is 32.7 Å². The van der Waals surface area contributed by atoms with Crippen LogP contribution in [0.4, 0.5) is 0 Å². The van der Waals surface area contributed by atoms with Gasteiger partial charge in [0.05, 0.1) is 48.5 Å². The van der Waals surface area contributed by atoms with Crippen molar-refractivity contribution in [1.29, 1.82) is 0 Å². The molecule has 0 aromatic carbocycles. The molecule has 20 nitrogen and oxygen atoms in total. The van der Waals surface area contributed by atoms with Gasteiger partial charge in [-0.25, -0.2) is 9.59 Å². The van der Waals surface area contributed by atoms with Crippen LogP contribution in [0.25, 0.3) is 0 Å². The Bertz CT molecular complexity index is 1800. The van der Waals surface area contributed by atoms with Gasteiger partial charge in [0, 0.05) is 47.8 Å². The molecule has 24 heteroatoms. The number of quaternary nitrogens is 1. The Balaban J connectivity index is 1.51. The summed E-state index contributed by atoms with van der Waals surface area (Å²) in [5.41, 5.74) is 6.84. The fourth-order valence-electron chi connectivity index (χ4n) is 8.33. The van der Waals surface area contributed by atoms with E-state index in [0.29, 0.717) is 40.6 Å². The second-order valence-corrected chi connectivity index (χ2v) is 21.2.